The van der Waals surface area contributed by atoms with Gasteiger partial charge >= 0.3 is 0 Å². The Kier molecular flexibility index (Phi) is 3.46. The third-order valence-corrected chi connectivity index (χ3v) is 4.99. The Morgan fingerprint density at radius 3 is 2.80 bits per heavy atom. The summed E-state index contributed by atoms with van der Waals surface area (Å²) >= 11 is 0. The minimum atomic E-state index is -0.151. The first-order valence-corrected chi connectivity index (χ1v) is 7.56. The van der Waals surface area contributed by atoms with E-state index in [1.807, 2.05) is 6.07 Å². The molecule has 1 saturated heterocycles. The van der Waals surface area contributed by atoms with E-state index in [-0.39, 0.29) is 11.4 Å². The van der Waals surface area contributed by atoms with Gasteiger partial charge in [-0.3, -0.25) is 4.90 Å². The molecule has 1 aromatic carbocycles. The van der Waals surface area contributed by atoms with Crippen molar-refractivity contribution in [3.63, 3.8) is 0 Å². The molecule has 2 heterocycles. The van der Waals surface area contributed by atoms with Crippen LogP contribution in [-0.2, 0) is 6.42 Å². The lowest BCUT2D eigenvalue weighted by Crippen LogP contribution is -2.55. The van der Waals surface area contributed by atoms with Gasteiger partial charge in [-0.25, -0.2) is 4.39 Å². The molecule has 1 atom stereocenters. The number of rotatable bonds is 3. The van der Waals surface area contributed by atoms with Gasteiger partial charge in [0.05, 0.1) is 5.54 Å². The van der Waals surface area contributed by atoms with Gasteiger partial charge in [0.1, 0.15) is 5.82 Å². The highest BCUT2D eigenvalue weighted by atomic mass is 19.1. The molecule has 1 fully saturated rings. The number of hydrogen-bond donors (Lipinski definition) is 1. The fraction of sp³-hybridized carbons (Fsp3) is 0.625. The van der Waals surface area contributed by atoms with Gasteiger partial charge in [0, 0.05) is 37.9 Å². The lowest BCUT2D eigenvalue weighted by atomic mass is 9.96. The molecule has 20 heavy (non-hydrogen) atoms. The standard InChI is InChI=1S/C16H24FN3/c1-12(2)19-8-6-16(10-18,11-19)20-7-5-13-3-4-14(17)9-15(13)20/h3-4,9,12H,5-8,10-11,18H2,1-2H3. The van der Waals surface area contributed by atoms with Gasteiger partial charge < -0.3 is 10.6 Å². The van der Waals surface area contributed by atoms with Crippen LogP contribution in [0.4, 0.5) is 10.1 Å². The van der Waals surface area contributed by atoms with E-state index in [2.05, 4.69) is 23.6 Å². The fourth-order valence-electron chi connectivity index (χ4n) is 3.67. The van der Waals surface area contributed by atoms with Crippen LogP contribution in [0.1, 0.15) is 25.8 Å². The summed E-state index contributed by atoms with van der Waals surface area (Å²) in [5, 5.41) is 0. The van der Waals surface area contributed by atoms with Gasteiger partial charge in [-0.05, 0) is 44.4 Å². The van der Waals surface area contributed by atoms with Crippen molar-refractivity contribution in [2.45, 2.75) is 38.3 Å². The molecule has 0 aliphatic carbocycles. The average Bonchev–Trinajstić information content (AvgIpc) is 3.02. The van der Waals surface area contributed by atoms with Crippen molar-refractivity contribution in [3.05, 3.63) is 29.6 Å². The Balaban J connectivity index is 1.91. The van der Waals surface area contributed by atoms with Crippen molar-refractivity contribution in [2.75, 3.05) is 31.1 Å². The maximum absolute atomic E-state index is 13.6. The number of fused-ring (bicyclic) bond motifs is 1. The van der Waals surface area contributed by atoms with Crippen LogP contribution in [0.15, 0.2) is 18.2 Å². The van der Waals surface area contributed by atoms with Crippen LogP contribution in [0.25, 0.3) is 0 Å². The summed E-state index contributed by atoms with van der Waals surface area (Å²) in [5.74, 6) is -0.151. The van der Waals surface area contributed by atoms with Crippen LogP contribution in [0.5, 0.6) is 0 Å². The highest BCUT2D eigenvalue weighted by Crippen LogP contribution is 2.38. The van der Waals surface area contributed by atoms with Gasteiger partial charge in [0.25, 0.3) is 0 Å². The molecule has 0 bridgehead atoms. The van der Waals surface area contributed by atoms with Crippen molar-refractivity contribution in [3.8, 4) is 0 Å². The largest absolute Gasteiger partial charge is 0.363 e. The zero-order valence-corrected chi connectivity index (χ0v) is 12.4. The van der Waals surface area contributed by atoms with Crippen molar-refractivity contribution < 1.29 is 4.39 Å². The second-order valence-electron chi connectivity index (χ2n) is 6.42. The topological polar surface area (TPSA) is 32.5 Å². The molecule has 2 N–H and O–H groups in total. The van der Waals surface area contributed by atoms with E-state index in [1.165, 1.54) is 5.56 Å². The van der Waals surface area contributed by atoms with E-state index in [1.54, 1.807) is 12.1 Å². The molecule has 110 valence electrons. The van der Waals surface area contributed by atoms with Gasteiger partial charge in [-0.1, -0.05) is 6.07 Å². The number of anilines is 1. The van der Waals surface area contributed by atoms with Gasteiger partial charge in [-0.15, -0.1) is 0 Å². The molecule has 1 unspecified atom stereocenters. The van der Waals surface area contributed by atoms with Crippen LogP contribution < -0.4 is 10.6 Å². The Labute approximate surface area is 120 Å². The predicted octanol–water partition coefficient (Wildman–Crippen LogP) is 2.00. The Bertz CT molecular complexity index is 502. The number of hydrogen-bond acceptors (Lipinski definition) is 3. The lowest BCUT2D eigenvalue weighted by Gasteiger charge is -2.40. The minimum Gasteiger partial charge on any atom is -0.363 e. The Morgan fingerprint density at radius 1 is 1.35 bits per heavy atom. The van der Waals surface area contributed by atoms with Crippen LogP contribution in [0.2, 0.25) is 0 Å². The molecule has 4 heteroatoms. The van der Waals surface area contributed by atoms with Crippen LogP contribution >= 0.6 is 0 Å². The Morgan fingerprint density at radius 2 is 2.15 bits per heavy atom. The average molecular weight is 277 g/mol. The van der Waals surface area contributed by atoms with Crippen molar-refractivity contribution in [1.82, 2.24) is 4.90 Å². The highest BCUT2D eigenvalue weighted by Gasteiger charge is 2.44. The van der Waals surface area contributed by atoms with Crippen LogP contribution in [0.3, 0.4) is 0 Å². The maximum Gasteiger partial charge on any atom is 0.125 e. The molecule has 0 aromatic heterocycles. The van der Waals surface area contributed by atoms with Crippen molar-refractivity contribution in [1.29, 1.82) is 0 Å². The number of halogens is 1. The first-order valence-electron chi connectivity index (χ1n) is 7.56. The van der Waals surface area contributed by atoms with E-state index in [9.17, 15) is 4.39 Å². The summed E-state index contributed by atoms with van der Waals surface area (Å²) in [6.45, 7) is 8.11. The van der Waals surface area contributed by atoms with Gasteiger partial charge in [-0.2, -0.15) is 0 Å². The molecule has 0 amide bonds. The molecular weight excluding hydrogens is 253 g/mol. The summed E-state index contributed by atoms with van der Waals surface area (Å²) in [6.07, 6.45) is 2.07. The van der Waals surface area contributed by atoms with Crippen LogP contribution in [-0.4, -0.2) is 42.7 Å². The van der Waals surface area contributed by atoms with Gasteiger partial charge in [0.2, 0.25) is 0 Å². The van der Waals surface area contributed by atoms with E-state index < -0.39 is 0 Å². The van der Waals surface area contributed by atoms with E-state index in [0.717, 1.165) is 38.2 Å². The molecular formula is C16H24FN3. The number of benzene rings is 1. The number of nitrogens with zero attached hydrogens (tertiary/aromatic N) is 2. The number of likely N-dealkylation sites (tertiary alicyclic amines) is 1. The lowest BCUT2D eigenvalue weighted by molar-refractivity contribution is 0.254. The first-order chi connectivity index (χ1) is 9.55. The summed E-state index contributed by atoms with van der Waals surface area (Å²) in [4.78, 5) is 4.85. The van der Waals surface area contributed by atoms with Crippen LogP contribution in [0, 0.1) is 5.82 Å². The minimum absolute atomic E-state index is 0.0245. The normalized spacial score (nSPS) is 26.6. The smallest absolute Gasteiger partial charge is 0.125 e. The zero-order chi connectivity index (χ0) is 14.3. The number of nitrogens with two attached hydrogens (primary N) is 1. The third-order valence-electron chi connectivity index (χ3n) is 4.99. The second kappa shape index (κ2) is 5.01. The monoisotopic (exact) mass is 277 g/mol. The highest BCUT2D eigenvalue weighted by molar-refractivity contribution is 5.60. The second-order valence-corrected chi connectivity index (χ2v) is 6.42. The molecule has 2 aliphatic heterocycles. The molecule has 0 radical (unpaired) electrons. The van der Waals surface area contributed by atoms with E-state index >= 15 is 0 Å². The van der Waals surface area contributed by atoms with E-state index in [4.69, 9.17) is 5.73 Å². The molecule has 2 aliphatic rings. The third kappa shape index (κ3) is 2.11. The molecule has 3 rings (SSSR count). The quantitative estimate of drug-likeness (QED) is 0.917. The first kappa shape index (κ1) is 13.8. The van der Waals surface area contributed by atoms with Crippen molar-refractivity contribution >= 4 is 5.69 Å². The molecule has 1 aromatic rings. The summed E-state index contributed by atoms with van der Waals surface area (Å²) in [7, 11) is 0. The van der Waals surface area contributed by atoms with Crippen molar-refractivity contribution in [2.24, 2.45) is 5.73 Å². The Hall–Kier alpha value is -1.13. The summed E-state index contributed by atoms with van der Waals surface area (Å²) in [6, 6.07) is 5.70. The van der Waals surface area contributed by atoms with E-state index in [0.29, 0.717) is 12.6 Å². The predicted molar refractivity (Wildman–Crippen MR) is 80.6 cm³/mol. The maximum atomic E-state index is 13.6. The van der Waals surface area contributed by atoms with Gasteiger partial charge in [0.15, 0.2) is 0 Å². The SMILES string of the molecule is CC(C)N1CCC(CN)(N2CCc3ccc(F)cc32)C1. The summed E-state index contributed by atoms with van der Waals surface area (Å²) in [5.41, 5.74) is 8.43. The molecule has 3 nitrogen and oxygen atoms in total. The zero-order valence-electron chi connectivity index (χ0n) is 12.4. The molecule has 0 spiro atoms. The molecule has 0 saturated carbocycles. The summed E-state index contributed by atoms with van der Waals surface area (Å²) < 4.78 is 13.6. The fourth-order valence-corrected chi connectivity index (χ4v) is 3.67.